The first kappa shape index (κ1) is 13.1. The lowest BCUT2D eigenvalue weighted by atomic mass is 10.4. The van der Waals surface area contributed by atoms with Crippen LogP contribution in [-0.4, -0.2) is 14.5 Å². The smallest absolute Gasteiger partial charge is 0.242 e. The van der Waals surface area contributed by atoms with Crippen molar-refractivity contribution in [2.24, 2.45) is 5.73 Å². The Bertz CT molecular complexity index is 439. The minimum absolute atomic E-state index is 0.122. The average molecular weight is 313 g/mol. The monoisotopic (exact) mass is 312 g/mol. The molecule has 4 nitrogen and oxygen atoms in total. The van der Waals surface area contributed by atoms with E-state index in [0.717, 1.165) is 4.88 Å². The lowest BCUT2D eigenvalue weighted by Crippen LogP contribution is -2.30. The molecule has 0 aliphatic carbocycles. The second kappa shape index (κ2) is 4.92. The molecule has 0 aliphatic rings. The van der Waals surface area contributed by atoms with Gasteiger partial charge in [-0.15, -0.1) is 11.3 Å². The van der Waals surface area contributed by atoms with Gasteiger partial charge >= 0.3 is 0 Å². The van der Waals surface area contributed by atoms with Crippen molar-refractivity contribution in [3.63, 3.8) is 0 Å². The molecule has 1 aromatic rings. The summed E-state index contributed by atoms with van der Waals surface area (Å²) in [6, 6.07) is 1.47. The van der Waals surface area contributed by atoms with Crippen molar-refractivity contribution < 1.29 is 8.42 Å². The van der Waals surface area contributed by atoms with Gasteiger partial charge in [-0.3, -0.25) is 0 Å². The van der Waals surface area contributed by atoms with Crippen LogP contribution in [0.3, 0.4) is 0 Å². The van der Waals surface area contributed by atoms with Crippen LogP contribution in [0.5, 0.6) is 0 Å². The molecule has 0 spiro atoms. The summed E-state index contributed by atoms with van der Waals surface area (Å²) in [4.78, 5) is 1.10. The third-order valence-corrected chi connectivity index (χ3v) is 5.52. The van der Waals surface area contributed by atoms with E-state index in [-0.39, 0.29) is 10.9 Å². The zero-order valence-electron chi connectivity index (χ0n) is 8.45. The number of thiophene rings is 1. The van der Waals surface area contributed by atoms with Gasteiger partial charge in [-0.2, -0.15) is 0 Å². The summed E-state index contributed by atoms with van der Waals surface area (Å²) in [5.41, 5.74) is 5.45. The largest absolute Gasteiger partial charge is 0.326 e. The van der Waals surface area contributed by atoms with Crippen molar-refractivity contribution in [1.29, 1.82) is 0 Å². The second-order valence-electron chi connectivity index (χ2n) is 3.33. The normalized spacial score (nSPS) is 12.3. The van der Waals surface area contributed by atoms with Crippen molar-refractivity contribution in [2.45, 2.75) is 31.3 Å². The van der Waals surface area contributed by atoms with Crippen LogP contribution in [0.4, 0.5) is 0 Å². The zero-order chi connectivity index (χ0) is 11.6. The van der Waals surface area contributed by atoms with E-state index in [9.17, 15) is 8.42 Å². The predicted molar refractivity (Wildman–Crippen MR) is 65.4 cm³/mol. The Kier molecular flexibility index (Phi) is 4.30. The van der Waals surface area contributed by atoms with E-state index in [1.807, 2.05) is 0 Å². The molecule has 0 aromatic carbocycles. The average Bonchev–Trinajstić information content (AvgIpc) is 2.45. The molecular weight excluding hydrogens is 300 g/mol. The number of rotatable bonds is 4. The van der Waals surface area contributed by atoms with E-state index in [0.29, 0.717) is 10.3 Å². The van der Waals surface area contributed by atoms with Crippen molar-refractivity contribution >= 4 is 37.3 Å². The van der Waals surface area contributed by atoms with Gasteiger partial charge in [-0.25, -0.2) is 13.1 Å². The van der Waals surface area contributed by atoms with Crippen molar-refractivity contribution in [3.05, 3.63) is 14.7 Å². The Morgan fingerprint density at radius 1 is 1.60 bits per heavy atom. The number of nitrogens with one attached hydrogen (secondary N) is 1. The maximum atomic E-state index is 11.8. The first-order valence-corrected chi connectivity index (χ1v) is 7.46. The van der Waals surface area contributed by atoms with Crippen LogP contribution >= 0.6 is 27.3 Å². The molecule has 0 atom stereocenters. The molecule has 1 rings (SSSR count). The summed E-state index contributed by atoms with van der Waals surface area (Å²) in [6.07, 6.45) is 0. The third kappa shape index (κ3) is 3.25. The van der Waals surface area contributed by atoms with Gasteiger partial charge in [-0.05, 0) is 35.8 Å². The van der Waals surface area contributed by atoms with E-state index in [1.165, 1.54) is 11.3 Å². The maximum Gasteiger partial charge on any atom is 0.242 e. The number of halogens is 1. The highest BCUT2D eigenvalue weighted by Gasteiger charge is 2.21. The van der Waals surface area contributed by atoms with Crippen LogP contribution < -0.4 is 10.5 Å². The molecule has 1 aromatic heterocycles. The summed E-state index contributed by atoms with van der Waals surface area (Å²) < 4.78 is 26.8. The van der Waals surface area contributed by atoms with Gasteiger partial charge in [0.2, 0.25) is 10.0 Å². The Morgan fingerprint density at radius 3 is 2.60 bits per heavy atom. The predicted octanol–water partition coefficient (Wildman–Crippen LogP) is 1.66. The van der Waals surface area contributed by atoms with Crippen LogP contribution in [0.15, 0.2) is 14.7 Å². The van der Waals surface area contributed by atoms with Crippen molar-refractivity contribution in [3.8, 4) is 0 Å². The highest BCUT2D eigenvalue weighted by molar-refractivity contribution is 9.11. The molecule has 0 unspecified atom stereocenters. The van der Waals surface area contributed by atoms with Gasteiger partial charge in [0.1, 0.15) is 4.90 Å². The summed E-state index contributed by atoms with van der Waals surface area (Å²) in [5.74, 6) is 0. The van der Waals surface area contributed by atoms with Crippen LogP contribution in [0.1, 0.15) is 18.7 Å². The van der Waals surface area contributed by atoms with Crippen LogP contribution in [0.25, 0.3) is 0 Å². The molecule has 0 saturated heterocycles. The van der Waals surface area contributed by atoms with E-state index in [2.05, 4.69) is 20.7 Å². The van der Waals surface area contributed by atoms with Gasteiger partial charge in [-0.1, -0.05) is 0 Å². The molecule has 15 heavy (non-hydrogen) atoms. The Hall–Kier alpha value is 0.0500. The molecule has 86 valence electrons. The molecule has 0 saturated carbocycles. The summed E-state index contributed by atoms with van der Waals surface area (Å²) in [5, 5.41) is 0. The van der Waals surface area contributed by atoms with Gasteiger partial charge in [0.25, 0.3) is 0 Å². The number of hydrogen-bond acceptors (Lipinski definition) is 4. The van der Waals surface area contributed by atoms with Gasteiger partial charge in [0.05, 0.1) is 3.79 Å². The minimum Gasteiger partial charge on any atom is -0.326 e. The molecule has 0 amide bonds. The SMILES string of the molecule is CC(C)NS(=O)(=O)c1cc(CN)sc1Br. The maximum absolute atomic E-state index is 11.8. The van der Waals surface area contributed by atoms with Crippen molar-refractivity contribution in [1.82, 2.24) is 4.72 Å². The number of hydrogen-bond donors (Lipinski definition) is 2. The van der Waals surface area contributed by atoms with Gasteiger partial charge in [0, 0.05) is 17.5 Å². The first-order chi connectivity index (χ1) is 6.86. The first-order valence-electron chi connectivity index (χ1n) is 4.37. The Labute approximate surface area is 102 Å². The van der Waals surface area contributed by atoms with Crippen LogP contribution in [-0.2, 0) is 16.6 Å². The van der Waals surface area contributed by atoms with Crippen LogP contribution in [0, 0.1) is 0 Å². The van der Waals surface area contributed by atoms with Gasteiger partial charge in [0.15, 0.2) is 0 Å². The fourth-order valence-electron chi connectivity index (χ4n) is 1.06. The molecule has 7 heteroatoms. The second-order valence-corrected chi connectivity index (χ2v) is 7.47. The fourth-order valence-corrected chi connectivity index (χ4v) is 4.87. The molecule has 0 fully saturated rings. The molecule has 3 N–H and O–H groups in total. The standard InChI is InChI=1S/C8H13BrN2O2S2/c1-5(2)11-15(12,13)7-3-6(4-10)14-8(7)9/h3,5,11H,4,10H2,1-2H3. The number of nitrogens with two attached hydrogens (primary N) is 1. The Balaban J connectivity index is 3.09. The molecule has 0 bridgehead atoms. The molecule has 0 aliphatic heterocycles. The van der Waals surface area contributed by atoms with E-state index < -0.39 is 10.0 Å². The fraction of sp³-hybridized carbons (Fsp3) is 0.500. The van der Waals surface area contributed by atoms with E-state index in [4.69, 9.17) is 5.73 Å². The highest BCUT2D eigenvalue weighted by atomic mass is 79.9. The lowest BCUT2D eigenvalue weighted by molar-refractivity contribution is 0.570. The topological polar surface area (TPSA) is 72.2 Å². The lowest BCUT2D eigenvalue weighted by Gasteiger charge is -2.07. The highest BCUT2D eigenvalue weighted by Crippen LogP contribution is 2.31. The van der Waals surface area contributed by atoms with Crippen LogP contribution in [0.2, 0.25) is 0 Å². The Morgan fingerprint density at radius 2 is 2.20 bits per heavy atom. The number of sulfonamides is 1. The summed E-state index contributed by atoms with van der Waals surface area (Å²) in [7, 11) is -3.42. The van der Waals surface area contributed by atoms with E-state index >= 15 is 0 Å². The van der Waals surface area contributed by atoms with E-state index in [1.54, 1.807) is 19.9 Å². The summed E-state index contributed by atoms with van der Waals surface area (Å²) >= 11 is 4.57. The van der Waals surface area contributed by atoms with Gasteiger partial charge < -0.3 is 5.73 Å². The zero-order valence-corrected chi connectivity index (χ0v) is 11.7. The third-order valence-electron chi connectivity index (χ3n) is 1.59. The minimum atomic E-state index is -3.42. The summed E-state index contributed by atoms with van der Waals surface area (Å²) in [6.45, 7) is 3.91. The molecule has 1 heterocycles. The molecule has 0 radical (unpaired) electrons. The molecular formula is C8H13BrN2O2S2. The quantitative estimate of drug-likeness (QED) is 0.888. The van der Waals surface area contributed by atoms with Crippen molar-refractivity contribution in [2.75, 3.05) is 0 Å².